The number of hydrogen-bond acceptors (Lipinski definition) is 3. The van der Waals surface area contributed by atoms with Crippen LogP contribution in [-0.2, 0) is 11.2 Å². The van der Waals surface area contributed by atoms with Crippen molar-refractivity contribution in [1.29, 1.82) is 0 Å². The van der Waals surface area contributed by atoms with E-state index in [2.05, 4.69) is 53.1 Å². The van der Waals surface area contributed by atoms with Crippen LogP contribution in [0.5, 0.6) is 0 Å². The average molecular weight is 338 g/mol. The van der Waals surface area contributed by atoms with E-state index < -0.39 is 0 Å². The number of thioether (sulfide) groups is 1. The van der Waals surface area contributed by atoms with Crippen LogP contribution in [0.3, 0.4) is 0 Å². The van der Waals surface area contributed by atoms with Crippen molar-refractivity contribution in [2.45, 2.75) is 26.2 Å². The lowest BCUT2D eigenvalue weighted by molar-refractivity contribution is 0.134. The van der Waals surface area contributed by atoms with Crippen LogP contribution in [-0.4, -0.2) is 50.8 Å². The zero-order valence-electron chi connectivity index (χ0n) is 14.5. The number of benzene rings is 1. The molecule has 0 fully saturated rings. The Morgan fingerprint density at radius 2 is 1.96 bits per heavy atom. The van der Waals surface area contributed by atoms with Gasteiger partial charge in [0.1, 0.15) is 0 Å². The molecule has 1 rings (SSSR count). The summed E-state index contributed by atoms with van der Waals surface area (Å²) in [5.41, 5.74) is 1.34. The topological polar surface area (TPSA) is 45.7 Å². The molecule has 2 N–H and O–H groups in total. The molecule has 0 atom stereocenters. The molecule has 0 radical (unpaired) electrons. The van der Waals surface area contributed by atoms with Crippen molar-refractivity contribution in [2.75, 3.05) is 44.9 Å². The number of rotatable bonds is 12. The Balaban J connectivity index is 2.02. The van der Waals surface area contributed by atoms with Gasteiger partial charge in [-0.3, -0.25) is 4.99 Å². The molecule has 0 aromatic heterocycles. The van der Waals surface area contributed by atoms with Gasteiger partial charge >= 0.3 is 0 Å². The first-order chi connectivity index (χ1) is 11.4. The Bertz CT molecular complexity index is 412. The van der Waals surface area contributed by atoms with Gasteiger partial charge in [0.05, 0.1) is 6.61 Å². The lowest BCUT2D eigenvalue weighted by atomic mass is 10.2. The first-order valence-corrected chi connectivity index (χ1v) is 9.89. The van der Waals surface area contributed by atoms with E-state index in [1.54, 1.807) is 0 Å². The van der Waals surface area contributed by atoms with Gasteiger partial charge in [-0.15, -0.1) is 0 Å². The van der Waals surface area contributed by atoms with Gasteiger partial charge in [0.15, 0.2) is 5.96 Å². The summed E-state index contributed by atoms with van der Waals surface area (Å²) in [5, 5.41) is 6.61. The fourth-order valence-corrected chi connectivity index (χ4v) is 2.36. The Kier molecular flexibility index (Phi) is 12.4. The third-order valence-electron chi connectivity index (χ3n) is 3.29. The minimum Gasteiger partial charge on any atom is -0.381 e. The van der Waals surface area contributed by atoms with E-state index >= 15 is 0 Å². The first-order valence-electron chi connectivity index (χ1n) is 8.49. The molecule has 0 saturated heterocycles. The average Bonchev–Trinajstić information content (AvgIpc) is 2.58. The Hall–Kier alpha value is -1.20. The Labute approximate surface area is 145 Å². The molecule has 0 aliphatic carbocycles. The summed E-state index contributed by atoms with van der Waals surface area (Å²) in [5.74, 6) is 2.02. The molecule has 0 heterocycles. The Morgan fingerprint density at radius 1 is 1.13 bits per heavy atom. The van der Waals surface area contributed by atoms with E-state index in [1.165, 1.54) is 5.56 Å². The van der Waals surface area contributed by atoms with Gasteiger partial charge in [0, 0.05) is 32.0 Å². The highest BCUT2D eigenvalue weighted by molar-refractivity contribution is 7.98. The summed E-state index contributed by atoms with van der Waals surface area (Å²) in [6.45, 7) is 6.40. The van der Waals surface area contributed by atoms with Crippen molar-refractivity contribution in [2.24, 2.45) is 4.99 Å². The largest absolute Gasteiger partial charge is 0.381 e. The molecule has 0 aliphatic heterocycles. The van der Waals surface area contributed by atoms with Crippen molar-refractivity contribution >= 4 is 17.7 Å². The molecule has 0 saturated carbocycles. The third kappa shape index (κ3) is 11.0. The Morgan fingerprint density at radius 3 is 2.70 bits per heavy atom. The molecule has 1 aromatic carbocycles. The summed E-state index contributed by atoms with van der Waals surface area (Å²) in [7, 11) is 0. The number of unbranched alkanes of at least 4 members (excludes halogenated alkanes) is 1. The van der Waals surface area contributed by atoms with Gasteiger partial charge in [-0.05, 0) is 38.0 Å². The lowest BCUT2D eigenvalue weighted by Crippen LogP contribution is -2.38. The molecule has 0 unspecified atom stereocenters. The molecule has 130 valence electrons. The minimum absolute atomic E-state index is 0.798. The highest BCUT2D eigenvalue weighted by Gasteiger charge is 1.96. The van der Waals surface area contributed by atoms with Gasteiger partial charge < -0.3 is 15.4 Å². The van der Waals surface area contributed by atoms with Crippen LogP contribution >= 0.6 is 11.8 Å². The van der Waals surface area contributed by atoms with Gasteiger partial charge in [0.25, 0.3) is 0 Å². The van der Waals surface area contributed by atoms with Crippen LogP contribution in [0.4, 0.5) is 0 Å². The molecule has 4 nitrogen and oxygen atoms in total. The minimum atomic E-state index is 0.798. The normalized spacial score (nSPS) is 11.5. The molecule has 0 spiro atoms. The van der Waals surface area contributed by atoms with Crippen molar-refractivity contribution in [3.63, 3.8) is 0 Å². The van der Waals surface area contributed by atoms with E-state index in [1.807, 2.05) is 17.8 Å². The predicted octanol–water partition coefficient (Wildman–Crippen LogP) is 2.94. The predicted molar refractivity (Wildman–Crippen MR) is 103 cm³/mol. The van der Waals surface area contributed by atoms with E-state index in [0.29, 0.717) is 0 Å². The second-order valence-corrected chi connectivity index (χ2v) is 6.22. The van der Waals surface area contributed by atoms with Crippen molar-refractivity contribution in [3.8, 4) is 0 Å². The van der Waals surface area contributed by atoms with Crippen LogP contribution < -0.4 is 10.6 Å². The zero-order chi connectivity index (χ0) is 16.6. The SMILES string of the molecule is CCNC(=NCCCCOCCc1ccccc1)NCCSC. The standard InChI is InChI=1S/C18H31N3OS/c1-3-19-18(21-13-16-23-2)20-12-7-8-14-22-15-11-17-9-5-4-6-10-17/h4-6,9-10H,3,7-8,11-16H2,1-2H3,(H2,19,20,21). The first kappa shape index (κ1) is 19.8. The zero-order valence-corrected chi connectivity index (χ0v) is 15.3. The number of nitrogens with one attached hydrogen (secondary N) is 2. The van der Waals surface area contributed by atoms with Crippen molar-refractivity contribution in [1.82, 2.24) is 10.6 Å². The van der Waals surface area contributed by atoms with Crippen molar-refractivity contribution < 1.29 is 4.74 Å². The smallest absolute Gasteiger partial charge is 0.191 e. The fraction of sp³-hybridized carbons (Fsp3) is 0.611. The highest BCUT2D eigenvalue weighted by atomic mass is 32.2. The summed E-state index contributed by atoms with van der Waals surface area (Å²) in [6, 6.07) is 10.5. The van der Waals surface area contributed by atoms with Crippen LogP contribution in [0.1, 0.15) is 25.3 Å². The van der Waals surface area contributed by atoms with E-state index in [4.69, 9.17) is 4.74 Å². The lowest BCUT2D eigenvalue weighted by Gasteiger charge is -2.10. The fourth-order valence-electron chi connectivity index (χ4n) is 2.06. The maximum Gasteiger partial charge on any atom is 0.191 e. The van der Waals surface area contributed by atoms with Gasteiger partial charge in [-0.2, -0.15) is 11.8 Å². The summed E-state index contributed by atoms with van der Waals surface area (Å²) < 4.78 is 5.69. The number of ether oxygens (including phenoxy) is 1. The van der Waals surface area contributed by atoms with Crippen molar-refractivity contribution in [3.05, 3.63) is 35.9 Å². The highest BCUT2D eigenvalue weighted by Crippen LogP contribution is 2.00. The number of guanidine groups is 1. The van der Waals surface area contributed by atoms with Gasteiger partial charge in [-0.1, -0.05) is 30.3 Å². The number of hydrogen-bond donors (Lipinski definition) is 2. The van der Waals surface area contributed by atoms with Crippen LogP contribution in [0, 0.1) is 0 Å². The summed E-state index contributed by atoms with van der Waals surface area (Å²) in [4.78, 5) is 4.58. The van der Waals surface area contributed by atoms with E-state index in [9.17, 15) is 0 Å². The molecule has 0 bridgehead atoms. The molecule has 23 heavy (non-hydrogen) atoms. The molecular weight excluding hydrogens is 306 g/mol. The summed E-state index contributed by atoms with van der Waals surface area (Å²) >= 11 is 1.84. The molecule has 1 aromatic rings. The van der Waals surface area contributed by atoms with Gasteiger partial charge in [0.2, 0.25) is 0 Å². The molecule has 5 heteroatoms. The monoisotopic (exact) mass is 337 g/mol. The van der Waals surface area contributed by atoms with Crippen LogP contribution in [0.15, 0.2) is 35.3 Å². The van der Waals surface area contributed by atoms with E-state index in [0.717, 1.165) is 63.8 Å². The van der Waals surface area contributed by atoms with Crippen LogP contribution in [0.25, 0.3) is 0 Å². The second kappa shape index (κ2) is 14.4. The molecule has 0 amide bonds. The number of nitrogens with zero attached hydrogens (tertiary/aromatic N) is 1. The molecular formula is C18H31N3OS. The quantitative estimate of drug-likeness (QED) is 0.350. The third-order valence-corrected chi connectivity index (χ3v) is 3.90. The van der Waals surface area contributed by atoms with Crippen LogP contribution in [0.2, 0.25) is 0 Å². The molecule has 0 aliphatic rings. The summed E-state index contributed by atoms with van der Waals surface area (Å²) in [6.07, 6.45) is 5.22. The maximum absolute atomic E-state index is 5.69. The number of aliphatic imine (C=N–C) groups is 1. The van der Waals surface area contributed by atoms with Gasteiger partial charge in [-0.25, -0.2) is 0 Å². The van der Waals surface area contributed by atoms with E-state index in [-0.39, 0.29) is 0 Å². The second-order valence-electron chi connectivity index (χ2n) is 5.24. The maximum atomic E-state index is 5.69.